The van der Waals surface area contributed by atoms with E-state index in [1.165, 1.54) is 12.2 Å². The summed E-state index contributed by atoms with van der Waals surface area (Å²) in [4.78, 5) is 35.5. The third-order valence-electron chi connectivity index (χ3n) is 3.57. The van der Waals surface area contributed by atoms with Crippen molar-refractivity contribution in [1.82, 2.24) is 5.32 Å². The lowest BCUT2D eigenvalue weighted by Gasteiger charge is -2.31. The van der Waals surface area contributed by atoms with Gasteiger partial charge in [0.15, 0.2) is 0 Å². The van der Waals surface area contributed by atoms with E-state index in [0.29, 0.717) is 25.0 Å². The van der Waals surface area contributed by atoms with Gasteiger partial charge >= 0.3 is 0 Å². The molecular weight excluding hydrogens is 270 g/mol. The molecule has 6 heteroatoms. The van der Waals surface area contributed by atoms with Crippen molar-refractivity contribution in [3.63, 3.8) is 0 Å². The molecular formula is C15H23N3O3. The van der Waals surface area contributed by atoms with E-state index < -0.39 is 17.2 Å². The van der Waals surface area contributed by atoms with Crippen LogP contribution in [0.5, 0.6) is 0 Å². The van der Waals surface area contributed by atoms with Crippen LogP contribution in [0.1, 0.15) is 39.5 Å². The van der Waals surface area contributed by atoms with Gasteiger partial charge in [0.05, 0.1) is 5.41 Å². The van der Waals surface area contributed by atoms with Crippen molar-refractivity contribution in [2.75, 3.05) is 6.54 Å². The highest BCUT2D eigenvalue weighted by Gasteiger charge is 2.39. The average molecular weight is 293 g/mol. The zero-order valence-corrected chi connectivity index (χ0v) is 12.6. The molecule has 1 atom stereocenters. The van der Waals surface area contributed by atoms with Crippen molar-refractivity contribution < 1.29 is 14.4 Å². The largest absolute Gasteiger partial charge is 0.369 e. The standard InChI is InChI=1S/C15H23N3O3/c1-3-5-15(14(17)21)8-10(12(16)19)7-11(9-15)13(20)18-6-4-2/h7-8H,3-6,9H2,1-2H3,(H2,16,19)(H2,17,21)(H,18,20). The minimum Gasteiger partial charge on any atom is -0.369 e. The van der Waals surface area contributed by atoms with E-state index >= 15 is 0 Å². The molecule has 0 aromatic carbocycles. The molecule has 0 saturated heterocycles. The van der Waals surface area contributed by atoms with Gasteiger partial charge in [-0.3, -0.25) is 14.4 Å². The Labute approximate surface area is 124 Å². The van der Waals surface area contributed by atoms with Crippen LogP contribution < -0.4 is 16.8 Å². The number of nitrogens with two attached hydrogens (primary N) is 2. The first-order valence-corrected chi connectivity index (χ1v) is 7.17. The molecule has 0 aliphatic heterocycles. The molecule has 1 aliphatic carbocycles. The van der Waals surface area contributed by atoms with E-state index in [-0.39, 0.29) is 17.9 Å². The molecule has 1 rings (SSSR count). The molecule has 21 heavy (non-hydrogen) atoms. The van der Waals surface area contributed by atoms with E-state index in [0.717, 1.165) is 6.42 Å². The van der Waals surface area contributed by atoms with Crippen LogP contribution in [-0.4, -0.2) is 24.3 Å². The summed E-state index contributed by atoms with van der Waals surface area (Å²) >= 11 is 0. The van der Waals surface area contributed by atoms with Crippen molar-refractivity contribution in [3.8, 4) is 0 Å². The predicted octanol–water partition coefficient (Wildman–Crippen LogP) is 0.526. The molecule has 1 aliphatic rings. The normalized spacial score (nSPS) is 21.2. The maximum absolute atomic E-state index is 12.1. The molecule has 6 nitrogen and oxygen atoms in total. The van der Waals surface area contributed by atoms with Gasteiger partial charge in [0.2, 0.25) is 17.7 Å². The molecule has 5 N–H and O–H groups in total. The lowest BCUT2D eigenvalue weighted by Crippen LogP contribution is -2.40. The Morgan fingerprint density at radius 2 is 1.90 bits per heavy atom. The van der Waals surface area contributed by atoms with E-state index in [2.05, 4.69) is 5.32 Å². The van der Waals surface area contributed by atoms with Crippen molar-refractivity contribution >= 4 is 17.7 Å². The highest BCUT2D eigenvalue weighted by molar-refractivity contribution is 6.03. The Bertz CT molecular complexity index is 508. The van der Waals surface area contributed by atoms with Gasteiger partial charge < -0.3 is 16.8 Å². The molecule has 0 bridgehead atoms. The first kappa shape index (κ1) is 16.9. The second-order valence-corrected chi connectivity index (χ2v) is 5.34. The lowest BCUT2D eigenvalue weighted by atomic mass is 9.72. The van der Waals surface area contributed by atoms with Gasteiger partial charge in [-0.05, 0) is 25.3 Å². The maximum Gasteiger partial charge on any atom is 0.248 e. The second-order valence-electron chi connectivity index (χ2n) is 5.34. The molecule has 0 spiro atoms. The summed E-state index contributed by atoms with van der Waals surface area (Å²) in [5.74, 6) is -1.50. The first-order chi connectivity index (χ1) is 9.86. The number of carbonyl (C=O) groups is 3. The van der Waals surface area contributed by atoms with Crippen LogP contribution in [0.4, 0.5) is 0 Å². The fourth-order valence-corrected chi connectivity index (χ4v) is 2.50. The summed E-state index contributed by atoms with van der Waals surface area (Å²) in [6.07, 6.45) is 5.13. The summed E-state index contributed by atoms with van der Waals surface area (Å²) in [5.41, 5.74) is 10.3. The maximum atomic E-state index is 12.1. The van der Waals surface area contributed by atoms with Gasteiger partial charge in [-0.15, -0.1) is 0 Å². The number of nitrogens with one attached hydrogen (secondary N) is 1. The fourth-order valence-electron chi connectivity index (χ4n) is 2.50. The van der Waals surface area contributed by atoms with E-state index in [9.17, 15) is 14.4 Å². The summed E-state index contributed by atoms with van der Waals surface area (Å²) < 4.78 is 0. The van der Waals surface area contributed by atoms with Gasteiger partial charge in [0.25, 0.3) is 0 Å². The van der Waals surface area contributed by atoms with Crippen LogP contribution in [0.25, 0.3) is 0 Å². The van der Waals surface area contributed by atoms with Gasteiger partial charge in [-0.2, -0.15) is 0 Å². The molecule has 0 radical (unpaired) electrons. The van der Waals surface area contributed by atoms with E-state index in [1.54, 1.807) is 0 Å². The zero-order chi connectivity index (χ0) is 16.0. The van der Waals surface area contributed by atoms with Crippen molar-refractivity contribution in [3.05, 3.63) is 23.3 Å². The molecule has 0 saturated carbocycles. The van der Waals surface area contributed by atoms with Gasteiger partial charge in [0.1, 0.15) is 0 Å². The molecule has 0 fully saturated rings. The molecule has 116 valence electrons. The van der Waals surface area contributed by atoms with Crippen LogP contribution in [0.3, 0.4) is 0 Å². The Hall–Kier alpha value is -2.11. The number of hydrogen-bond acceptors (Lipinski definition) is 3. The third kappa shape index (κ3) is 3.93. The topological polar surface area (TPSA) is 115 Å². The summed E-state index contributed by atoms with van der Waals surface area (Å²) in [6.45, 7) is 4.38. The SMILES string of the molecule is CCCNC(=O)C1=CC(C(N)=O)=CC(CCC)(C(N)=O)C1. The average Bonchev–Trinajstić information content (AvgIpc) is 2.44. The lowest BCUT2D eigenvalue weighted by molar-refractivity contribution is -0.126. The Morgan fingerprint density at radius 1 is 1.24 bits per heavy atom. The highest BCUT2D eigenvalue weighted by atomic mass is 16.2. The van der Waals surface area contributed by atoms with Crippen LogP contribution >= 0.6 is 0 Å². The summed E-state index contributed by atoms with van der Waals surface area (Å²) in [6, 6.07) is 0. The van der Waals surface area contributed by atoms with Crippen molar-refractivity contribution in [1.29, 1.82) is 0 Å². The Balaban J connectivity index is 3.18. The zero-order valence-electron chi connectivity index (χ0n) is 12.6. The van der Waals surface area contributed by atoms with Crippen molar-refractivity contribution in [2.24, 2.45) is 16.9 Å². The first-order valence-electron chi connectivity index (χ1n) is 7.17. The fraction of sp³-hybridized carbons (Fsp3) is 0.533. The van der Waals surface area contributed by atoms with Crippen LogP contribution in [-0.2, 0) is 14.4 Å². The van der Waals surface area contributed by atoms with E-state index in [1.807, 2.05) is 13.8 Å². The van der Waals surface area contributed by atoms with Crippen molar-refractivity contribution in [2.45, 2.75) is 39.5 Å². The quantitative estimate of drug-likeness (QED) is 0.635. The minimum absolute atomic E-state index is 0.162. The molecule has 3 amide bonds. The van der Waals surface area contributed by atoms with E-state index in [4.69, 9.17) is 11.5 Å². The number of hydrogen-bond donors (Lipinski definition) is 3. The monoisotopic (exact) mass is 293 g/mol. The highest BCUT2D eigenvalue weighted by Crippen LogP contribution is 2.38. The number of primary amides is 2. The van der Waals surface area contributed by atoms with Crippen LogP contribution in [0.15, 0.2) is 23.3 Å². The number of amides is 3. The molecule has 0 heterocycles. The van der Waals surface area contributed by atoms with Crippen LogP contribution in [0, 0.1) is 5.41 Å². The van der Waals surface area contributed by atoms with Gasteiger partial charge in [-0.25, -0.2) is 0 Å². The minimum atomic E-state index is -1.02. The summed E-state index contributed by atoms with van der Waals surface area (Å²) in [5, 5.41) is 2.74. The Kier molecular flexibility index (Phi) is 5.69. The predicted molar refractivity (Wildman–Crippen MR) is 79.8 cm³/mol. The molecule has 0 aromatic heterocycles. The number of rotatable bonds is 7. The molecule has 0 aromatic rings. The summed E-state index contributed by atoms with van der Waals surface area (Å²) in [7, 11) is 0. The van der Waals surface area contributed by atoms with Gasteiger partial charge in [-0.1, -0.05) is 26.3 Å². The smallest absolute Gasteiger partial charge is 0.248 e. The number of carbonyl (C=O) groups excluding carboxylic acids is 3. The van der Waals surface area contributed by atoms with Crippen LogP contribution in [0.2, 0.25) is 0 Å². The molecule has 1 unspecified atom stereocenters. The van der Waals surface area contributed by atoms with Gasteiger partial charge in [0, 0.05) is 17.7 Å². The second kappa shape index (κ2) is 7.06. The Morgan fingerprint density at radius 3 is 2.38 bits per heavy atom. The third-order valence-corrected chi connectivity index (χ3v) is 3.57.